The van der Waals surface area contributed by atoms with Crippen LogP contribution < -0.4 is 10.4 Å². The normalized spacial score (nSPS) is 12.5. The highest BCUT2D eigenvalue weighted by Gasteiger charge is 2.23. The van der Waals surface area contributed by atoms with Gasteiger partial charge in [-0.05, 0) is 30.0 Å². The molecular formula is C17H22BClN2O2. The highest BCUT2D eigenvalue weighted by molar-refractivity contribution is 6.58. The molecule has 1 aliphatic rings. The monoisotopic (exact) mass is 332 g/mol. The van der Waals surface area contributed by atoms with Gasteiger partial charge in [0, 0.05) is 29.8 Å². The topological polar surface area (TPSA) is 56.6 Å². The molecule has 23 heavy (non-hydrogen) atoms. The maximum Gasteiger partial charge on any atom is 0.490 e. The van der Waals surface area contributed by atoms with E-state index in [9.17, 15) is 10.0 Å². The summed E-state index contributed by atoms with van der Waals surface area (Å²) in [6.45, 7) is 5.75. The molecule has 1 aliphatic heterocycles. The largest absolute Gasteiger partial charge is 0.490 e. The van der Waals surface area contributed by atoms with Crippen LogP contribution in [-0.2, 0) is 12.8 Å². The van der Waals surface area contributed by atoms with Crippen molar-refractivity contribution in [2.75, 3.05) is 18.0 Å². The van der Waals surface area contributed by atoms with Crippen molar-refractivity contribution in [3.63, 3.8) is 0 Å². The first-order valence-electron chi connectivity index (χ1n) is 7.98. The molecule has 0 unspecified atom stereocenters. The summed E-state index contributed by atoms with van der Waals surface area (Å²) in [4.78, 5) is 6.58. The maximum absolute atomic E-state index is 9.19. The third-order valence-electron chi connectivity index (χ3n) is 3.82. The molecule has 0 aliphatic carbocycles. The van der Waals surface area contributed by atoms with Gasteiger partial charge < -0.3 is 14.9 Å². The van der Waals surface area contributed by atoms with E-state index in [-0.39, 0.29) is 0 Å². The number of pyridine rings is 1. The Morgan fingerprint density at radius 3 is 2.70 bits per heavy atom. The van der Waals surface area contributed by atoms with Crippen molar-refractivity contribution in [1.29, 1.82) is 0 Å². The van der Waals surface area contributed by atoms with Gasteiger partial charge in [-0.25, -0.2) is 4.98 Å². The van der Waals surface area contributed by atoms with E-state index in [1.54, 1.807) is 0 Å². The molecular weight excluding hydrogens is 310 g/mol. The van der Waals surface area contributed by atoms with Crippen LogP contribution in [0.5, 0.6) is 0 Å². The average molecular weight is 333 g/mol. The number of hydrogen-bond acceptors (Lipinski definition) is 4. The van der Waals surface area contributed by atoms with Crippen LogP contribution >= 0.6 is 11.6 Å². The van der Waals surface area contributed by atoms with Gasteiger partial charge in [-0.1, -0.05) is 49.7 Å². The molecule has 0 atom stereocenters. The number of halogens is 1. The lowest BCUT2D eigenvalue weighted by molar-refractivity contribution is 0.425. The zero-order chi connectivity index (χ0) is 16.8. The van der Waals surface area contributed by atoms with E-state index in [4.69, 9.17) is 11.6 Å². The van der Waals surface area contributed by atoms with Crippen molar-refractivity contribution >= 4 is 30.0 Å². The van der Waals surface area contributed by atoms with Crippen molar-refractivity contribution in [3.8, 4) is 0 Å². The average Bonchev–Trinajstić information content (AvgIpc) is 2.98. The fourth-order valence-electron chi connectivity index (χ4n) is 2.67. The number of rotatable bonds is 4. The van der Waals surface area contributed by atoms with Crippen LogP contribution in [0.2, 0.25) is 5.02 Å². The molecule has 122 valence electrons. The standard InChI is InChI=1S/C15H16BClN2O2.C2H6/c17-14-4-2-1-3-11(14)5-7-19-8-6-12-9-13(16(20)21)10-18-15(12)19;1-2/h1-4,9-10,20-21H,5-8H2;1-2H3. The Balaban J connectivity index is 0.000000924. The van der Waals surface area contributed by atoms with Gasteiger partial charge in [-0.3, -0.25) is 0 Å². The maximum atomic E-state index is 9.19. The highest BCUT2D eigenvalue weighted by atomic mass is 35.5. The van der Waals surface area contributed by atoms with Crippen molar-refractivity contribution in [3.05, 3.63) is 52.7 Å². The predicted octanol–water partition coefficient (Wildman–Crippen LogP) is 2.05. The van der Waals surface area contributed by atoms with Crippen molar-refractivity contribution in [2.45, 2.75) is 26.7 Å². The third kappa shape index (κ3) is 4.25. The van der Waals surface area contributed by atoms with Crippen molar-refractivity contribution < 1.29 is 10.0 Å². The molecule has 0 amide bonds. The molecule has 0 spiro atoms. The van der Waals surface area contributed by atoms with E-state index in [1.807, 2.05) is 44.2 Å². The highest BCUT2D eigenvalue weighted by Crippen LogP contribution is 2.25. The Bertz CT molecular complexity index is 652. The molecule has 4 nitrogen and oxygen atoms in total. The smallest absolute Gasteiger partial charge is 0.423 e. The van der Waals surface area contributed by atoms with E-state index >= 15 is 0 Å². The Kier molecular flexibility index (Phi) is 6.45. The number of aromatic nitrogens is 1. The molecule has 3 rings (SSSR count). The number of benzene rings is 1. The fraction of sp³-hybridized carbons (Fsp3) is 0.353. The molecule has 0 radical (unpaired) electrons. The van der Waals surface area contributed by atoms with Crippen molar-refractivity contribution in [1.82, 2.24) is 4.98 Å². The summed E-state index contributed by atoms with van der Waals surface area (Å²) < 4.78 is 0. The lowest BCUT2D eigenvalue weighted by atomic mass is 9.81. The van der Waals surface area contributed by atoms with Crippen LogP contribution in [0.3, 0.4) is 0 Å². The molecule has 0 fully saturated rings. The molecule has 6 heteroatoms. The Hall–Kier alpha value is -1.56. The zero-order valence-corrected chi connectivity index (χ0v) is 14.3. The summed E-state index contributed by atoms with van der Waals surface area (Å²) in [5, 5.41) is 19.2. The first-order chi connectivity index (χ1) is 11.1. The second-order valence-electron chi connectivity index (χ2n) is 5.20. The number of nitrogens with zero attached hydrogens (tertiary/aromatic N) is 2. The van der Waals surface area contributed by atoms with Gasteiger partial charge in [-0.15, -0.1) is 0 Å². The van der Waals surface area contributed by atoms with E-state index < -0.39 is 7.12 Å². The van der Waals surface area contributed by atoms with E-state index in [1.165, 1.54) is 6.20 Å². The summed E-state index contributed by atoms with van der Waals surface area (Å²) in [6.07, 6.45) is 3.27. The summed E-state index contributed by atoms with van der Waals surface area (Å²) >= 11 is 6.18. The molecule has 2 heterocycles. The molecule has 1 aromatic heterocycles. The second-order valence-corrected chi connectivity index (χ2v) is 5.61. The Labute approximate surface area is 142 Å². The summed E-state index contributed by atoms with van der Waals surface area (Å²) in [5.74, 6) is 0.937. The molecule has 0 saturated heterocycles. The van der Waals surface area contributed by atoms with Crippen LogP contribution in [0.25, 0.3) is 0 Å². The van der Waals surface area contributed by atoms with Crippen LogP contribution in [0.4, 0.5) is 5.82 Å². The lowest BCUT2D eigenvalue weighted by Gasteiger charge is -2.18. The van der Waals surface area contributed by atoms with E-state index in [0.717, 1.165) is 47.9 Å². The first-order valence-corrected chi connectivity index (χ1v) is 8.36. The second kappa shape index (κ2) is 8.34. The Morgan fingerprint density at radius 2 is 2.00 bits per heavy atom. The van der Waals surface area contributed by atoms with Crippen LogP contribution in [-0.4, -0.2) is 35.2 Å². The summed E-state index contributed by atoms with van der Waals surface area (Å²) in [7, 11) is -1.46. The van der Waals surface area contributed by atoms with Gasteiger partial charge in [-0.2, -0.15) is 0 Å². The number of anilines is 1. The molecule has 0 saturated carbocycles. The fourth-order valence-corrected chi connectivity index (χ4v) is 2.90. The van der Waals surface area contributed by atoms with Gasteiger partial charge in [0.15, 0.2) is 0 Å². The summed E-state index contributed by atoms with van der Waals surface area (Å²) in [5.41, 5.74) is 2.65. The molecule has 2 N–H and O–H groups in total. The zero-order valence-electron chi connectivity index (χ0n) is 13.5. The SMILES string of the molecule is CC.OB(O)c1cnc2c(c1)CCN2CCc1ccccc1Cl. The van der Waals surface area contributed by atoms with Crippen LogP contribution in [0.15, 0.2) is 36.5 Å². The van der Waals surface area contributed by atoms with E-state index in [2.05, 4.69) is 9.88 Å². The van der Waals surface area contributed by atoms with Crippen molar-refractivity contribution in [2.24, 2.45) is 0 Å². The van der Waals surface area contributed by atoms with Crippen LogP contribution in [0.1, 0.15) is 25.0 Å². The number of hydrogen-bond donors (Lipinski definition) is 2. The van der Waals surface area contributed by atoms with Crippen LogP contribution in [0, 0.1) is 0 Å². The predicted molar refractivity (Wildman–Crippen MR) is 96.5 cm³/mol. The van der Waals surface area contributed by atoms with Gasteiger partial charge in [0.2, 0.25) is 0 Å². The first kappa shape index (κ1) is 17.8. The Morgan fingerprint density at radius 1 is 1.26 bits per heavy atom. The van der Waals surface area contributed by atoms with Gasteiger partial charge in [0.1, 0.15) is 5.82 Å². The minimum Gasteiger partial charge on any atom is -0.423 e. The molecule has 2 aromatic rings. The summed E-state index contributed by atoms with van der Waals surface area (Å²) in [6, 6.07) is 9.69. The lowest BCUT2D eigenvalue weighted by Crippen LogP contribution is -2.31. The van der Waals surface area contributed by atoms with E-state index in [0.29, 0.717) is 5.46 Å². The van der Waals surface area contributed by atoms with Gasteiger partial charge in [0.25, 0.3) is 0 Å². The minimum absolute atomic E-state index is 0.446. The number of fused-ring (bicyclic) bond motifs is 1. The third-order valence-corrected chi connectivity index (χ3v) is 4.19. The van der Waals surface area contributed by atoms with Gasteiger partial charge >= 0.3 is 7.12 Å². The quantitative estimate of drug-likeness (QED) is 0.841. The molecule has 1 aromatic carbocycles. The molecule has 0 bridgehead atoms. The minimum atomic E-state index is -1.46. The van der Waals surface area contributed by atoms with Gasteiger partial charge in [0.05, 0.1) is 0 Å².